The SMILES string of the molecule is CCc1cccc(CNCC(O)C(Cc2cc(F)cc(F)c2)NC(=O)CC(NC(=O)NC)c2ccsc2)c1. The summed E-state index contributed by atoms with van der Waals surface area (Å²) in [5.74, 6) is -1.89. The Morgan fingerprint density at radius 1 is 1.00 bits per heavy atom. The van der Waals surface area contributed by atoms with E-state index in [1.165, 1.54) is 36.1 Å². The van der Waals surface area contributed by atoms with Gasteiger partial charge in [-0.3, -0.25) is 4.79 Å². The zero-order valence-electron chi connectivity index (χ0n) is 21.5. The molecule has 3 unspecified atom stereocenters. The van der Waals surface area contributed by atoms with Gasteiger partial charge < -0.3 is 26.4 Å². The summed E-state index contributed by atoms with van der Waals surface area (Å²) in [7, 11) is 1.48. The molecule has 3 amide bonds. The highest BCUT2D eigenvalue weighted by Gasteiger charge is 2.25. The average molecular weight is 545 g/mol. The number of amides is 3. The smallest absolute Gasteiger partial charge is 0.315 e. The molecule has 0 aliphatic carbocycles. The van der Waals surface area contributed by atoms with Crippen molar-refractivity contribution in [2.24, 2.45) is 0 Å². The third-order valence-electron chi connectivity index (χ3n) is 6.14. The Hall–Kier alpha value is -3.34. The quantitative estimate of drug-likeness (QED) is 0.226. The van der Waals surface area contributed by atoms with Crippen molar-refractivity contribution >= 4 is 23.3 Å². The number of thiophene rings is 1. The van der Waals surface area contributed by atoms with Crippen LogP contribution in [0.1, 0.15) is 41.6 Å². The molecule has 10 heteroatoms. The van der Waals surface area contributed by atoms with E-state index in [0.29, 0.717) is 12.1 Å². The van der Waals surface area contributed by atoms with Crippen molar-refractivity contribution in [1.82, 2.24) is 21.3 Å². The van der Waals surface area contributed by atoms with E-state index in [1.54, 1.807) is 0 Å². The zero-order valence-corrected chi connectivity index (χ0v) is 22.3. The number of aliphatic hydroxyl groups is 1. The molecule has 0 aliphatic rings. The third-order valence-corrected chi connectivity index (χ3v) is 6.84. The maximum absolute atomic E-state index is 13.8. The summed E-state index contributed by atoms with van der Waals surface area (Å²) in [6, 6.07) is 11.2. The van der Waals surface area contributed by atoms with Crippen LogP contribution in [0.25, 0.3) is 0 Å². The summed E-state index contributed by atoms with van der Waals surface area (Å²) in [6.07, 6.45) is -0.204. The van der Waals surface area contributed by atoms with Crippen molar-refractivity contribution in [3.8, 4) is 0 Å². The van der Waals surface area contributed by atoms with Crippen LogP contribution in [0.5, 0.6) is 0 Å². The van der Waals surface area contributed by atoms with Crippen LogP contribution in [-0.4, -0.2) is 42.8 Å². The highest BCUT2D eigenvalue weighted by molar-refractivity contribution is 7.08. The lowest BCUT2D eigenvalue weighted by molar-refractivity contribution is -0.123. The molecular weight excluding hydrogens is 510 g/mol. The molecule has 38 heavy (non-hydrogen) atoms. The van der Waals surface area contributed by atoms with Gasteiger partial charge in [-0.1, -0.05) is 31.2 Å². The minimum absolute atomic E-state index is 0.0145. The summed E-state index contributed by atoms with van der Waals surface area (Å²) in [5.41, 5.74) is 3.34. The van der Waals surface area contributed by atoms with Gasteiger partial charge in [0.05, 0.1) is 24.6 Å². The van der Waals surface area contributed by atoms with Gasteiger partial charge in [0.25, 0.3) is 0 Å². The van der Waals surface area contributed by atoms with Crippen LogP contribution in [0.4, 0.5) is 13.6 Å². The molecule has 5 N–H and O–H groups in total. The number of hydrogen-bond acceptors (Lipinski definition) is 5. The van der Waals surface area contributed by atoms with Gasteiger partial charge >= 0.3 is 6.03 Å². The van der Waals surface area contributed by atoms with Gasteiger partial charge in [0, 0.05) is 26.2 Å². The second-order valence-electron chi connectivity index (χ2n) is 9.06. The topological polar surface area (TPSA) is 102 Å². The Kier molecular flexibility index (Phi) is 11.2. The molecule has 0 fully saturated rings. The van der Waals surface area contributed by atoms with Crippen molar-refractivity contribution in [1.29, 1.82) is 0 Å². The number of benzene rings is 2. The number of carbonyl (C=O) groups is 2. The fourth-order valence-electron chi connectivity index (χ4n) is 4.14. The molecule has 0 bridgehead atoms. The second-order valence-corrected chi connectivity index (χ2v) is 9.84. The first-order chi connectivity index (χ1) is 18.3. The molecule has 0 radical (unpaired) electrons. The van der Waals surface area contributed by atoms with Crippen LogP contribution in [-0.2, 0) is 24.2 Å². The Morgan fingerprint density at radius 3 is 2.39 bits per heavy atom. The van der Waals surface area contributed by atoms with Gasteiger partial charge in [0.1, 0.15) is 11.6 Å². The lowest BCUT2D eigenvalue weighted by Crippen LogP contribution is -2.49. The Morgan fingerprint density at radius 2 is 1.74 bits per heavy atom. The van der Waals surface area contributed by atoms with Crippen LogP contribution in [0.2, 0.25) is 0 Å². The summed E-state index contributed by atoms with van der Waals surface area (Å²) in [5, 5.41) is 25.9. The van der Waals surface area contributed by atoms with E-state index in [0.717, 1.165) is 23.6 Å². The molecule has 3 aromatic rings. The first kappa shape index (κ1) is 29.2. The number of aryl methyl sites for hydroxylation is 1. The van der Waals surface area contributed by atoms with Crippen LogP contribution in [0, 0.1) is 11.6 Å². The van der Waals surface area contributed by atoms with E-state index >= 15 is 0 Å². The Bertz CT molecular complexity index is 1170. The van der Waals surface area contributed by atoms with E-state index in [-0.39, 0.29) is 19.4 Å². The lowest BCUT2D eigenvalue weighted by Gasteiger charge is -2.26. The van der Waals surface area contributed by atoms with Crippen molar-refractivity contribution in [3.63, 3.8) is 0 Å². The maximum atomic E-state index is 13.8. The maximum Gasteiger partial charge on any atom is 0.315 e. The highest BCUT2D eigenvalue weighted by atomic mass is 32.1. The van der Waals surface area contributed by atoms with Crippen LogP contribution >= 0.6 is 11.3 Å². The molecule has 0 saturated heterocycles. The average Bonchev–Trinajstić information content (AvgIpc) is 3.42. The van der Waals surface area contributed by atoms with Gasteiger partial charge in [-0.05, 0) is 64.1 Å². The largest absolute Gasteiger partial charge is 0.390 e. The lowest BCUT2D eigenvalue weighted by atomic mass is 9.99. The van der Waals surface area contributed by atoms with Gasteiger partial charge in [-0.2, -0.15) is 11.3 Å². The Balaban J connectivity index is 1.70. The van der Waals surface area contributed by atoms with E-state index < -0.39 is 41.8 Å². The molecule has 3 rings (SSSR count). The Labute approximate surface area is 225 Å². The van der Waals surface area contributed by atoms with E-state index in [1.807, 2.05) is 35.0 Å². The van der Waals surface area contributed by atoms with E-state index in [9.17, 15) is 23.5 Å². The number of aliphatic hydroxyl groups excluding tert-OH is 1. The fourth-order valence-corrected chi connectivity index (χ4v) is 4.85. The predicted molar refractivity (Wildman–Crippen MR) is 145 cm³/mol. The summed E-state index contributed by atoms with van der Waals surface area (Å²) < 4.78 is 27.7. The van der Waals surface area contributed by atoms with Crippen molar-refractivity contribution in [2.75, 3.05) is 13.6 Å². The zero-order chi connectivity index (χ0) is 27.5. The number of rotatable bonds is 13. The number of halogens is 2. The van der Waals surface area contributed by atoms with Crippen LogP contribution in [0.3, 0.4) is 0 Å². The van der Waals surface area contributed by atoms with E-state index in [2.05, 4.69) is 34.3 Å². The number of carbonyl (C=O) groups excluding carboxylic acids is 2. The molecule has 204 valence electrons. The van der Waals surface area contributed by atoms with Gasteiger partial charge in [-0.25, -0.2) is 13.6 Å². The summed E-state index contributed by atoms with van der Waals surface area (Å²) in [6.45, 7) is 2.73. The number of nitrogens with one attached hydrogen (secondary N) is 4. The van der Waals surface area contributed by atoms with E-state index in [4.69, 9.17) is 0 Å². The monoisotopic (exact) mass is 544 g/mol. The molecule has 0 spiro atoms. The molecule has 3 atom stereocenters. The summed E-state index contributed by atoms with van der Waals surface area (Å²) in [4.78, 5) is 25.0. The second kappa shape index (κ2) is 14.6. The molecule has 1 heterocycles. The first-order valence-corrected chi connectivity index (χ1v) is 13.4. The van der Waals surface area contributed by atoms with Gasteiger partial charge in [0.15, 0.2) is 0 Å². The molecule has 0 saturated carbocycles. The molecule has 2 aromatic carbocycles. The minimum Gasteiger partial charge on any atom is -0.390 e. The van der Waals surface area contributed by atoms with Crippen molar-refractivity contribution < 1.29 is 23.5 Å². The molecule has 7 nitrogen and oxygen atoms in total. The predicted octanol–water partition coefficient (Wildman–Crippen LogP) is 3.83. The van der Waals surface area contributed by atoms with Crippen molar-refractivity contribution in [3.05, 3.63) is 93.2 Å². The highest BCUT2D eigenvalue weighted by Crippen LogP contribution is 2.20. The normalized spacial score (nSPS) is 13.4. The van der Waals surface area contributed by atoms with Crippen LogP contribution in [0.15, 0.2) is 59.3 Å². The van der Waals surface area contributed by atoms with Crippen molar-refractivity contribution in [2.45, 2.75) is 50.9 Å². The minimum atomic E-state index is -1.05. The molecule has 0 aliphatic heterocycles. The third kappa shape index (κ3) is 9.20. The van der Waals surface area contributed by atoms with Crippen LogP contribution < -0.4 is 21.3 Å². The molecular formula is C28H34F2N4O3S. The van der Waals surface area contributed by atoms with Gasteiger partial charge in [0.2, 0.25) is 5.91 Å². The fraction of sp³-hybridized carbons (Fsp3) is 0.357. The number of hydrogen-bond donors (Lipinski definition) is 5. The first-order valence-electron chi connectivity index (χ1n) is 12.5. The number of urea groups is 1. The van der Waals surface area contributed by atoms with Gasteiger partial charge in [-0.15, -0.1) is 0 Å². The molecule has 1 aromatic heterocycles. The summed E-state index contributed by atoms with van der Waals surface area (Å²) >= 11 is 1.44. The standard InChI is InChI=1S/C28H34F2N4O3S/c1-3-18-5-4-6-19(9-18)15-32-16-26(35)25(12-20-10-22(29)13-23(30)11-20)33-27(36)14-24(34-28(37)31-2)21-7-8-38-17-21/h4-11,13,17,24-26,32,35H,3,12,14-16H2,1-2H3,(H,33,36)(H2,31,34,37).